The van der Waals surface area contributed by atoms with Gasteiger partial charge in [-0.15, -0.1) is 0 Å². The number of nitrogens with one attached hydrogen (secondary N) is 1. The maximum absolute atomic E-state index is 13.2. The van der Waals surface area contributed by atoms with Crippen molar-refractivity contribution in [2.45, 2.75) is 96.3 Å². The van der Waals surface area contributed by atoms with E-state index in [1.165, 1.54) is 18.4 Å². The second kappa shape index (κ2) is 9.09. The first kappa shape index (κ1) is 22.8. The van der Waals surface area contributed by atoms with E-state index >= 15 is 0 Å². The Morgan fingerprint density at radius 1 is 1.10 bits per heavy atom. The van der Waals surface area contributed by atoms with Gasteiger partial charge in [-0.3, -0.25) is 14.7 Å². The lowest BCUT2D eigenvalue weighted by molar-refractivity contribution is -0.117. The minimum Gasteiger partial charge on any atom is -0.348 e. The summed E-state index contributed by atoms with van der Waals surface area (Å²) >= 11 is 0. The number of rotatable bonds is 7. The maximum Gasteiger partial charge on any atom is 0.267 e. The van der Waals surface area contributed by atoms with Gasteiger partial charge in [-0.05, 0) is 59.6 Å². The molecule has 2 aliphatic heterocycles. The molecule has 1 N–H and O–H groups in total. The summed E-state index contributed by atoms with van der Waals surface area (Å²) in [5.41, 5.74) is 2.02. The molecule has 1 fully saturated rings. The molecule has 1 aromatic rings. The van der Waals surface area contributed by atoms with Gasteiger partial charge in [0.05, 0.1) is 6.04 Å². The fourth-order valence-corrected chi connectivity index (χ4v) is 5.13. The summed E-state index contributed by atoms with van der Waals surface area (Å²) in [5.74, 6) is 0.00933. The number of amides is 1. The second-order valence-electron chi connectivity index (χ2n) is 10.3. The minimum atomic E-state index is 0.00933. The Morgan fingerprint density at radius 3 is 2.33 bits per heavy atom. The van der Waals surface area contributed by atoms with Crippen molar-refractivity contribution in [2.75, 3.05) is 13.6 Å². The smallest absolute Gasteiger partial charge is 0.267 e. The van der Waals surface area contributed by atoms with E-state index in [1.54, 1.807) is 0 Å². The van der Waals surface area contributed by atoms with Crippen molar-refractivity contribution in [3.05, 3.63) is 35.9 Å². The number of nitrogens with zero attached hydrogens (tertiary/aromatic N) is 3. The van der Waals surface area contributed by atoms with Crippen molar-refractivity contribution in [1.82, 2.24) is 15.2 Å². The Morgan fingerprint density at radius 2 is 1.73 bits per heavy atom. The topological polar surface area (TPSA) is 47.9 Å². The summed E-state index contributed by atoms with van der Waals surface area (Å²) in [4.78, 5) is 15.6. The average molecular weight is 413 g/mol. The fourth-order valence-electron chi connectivity index (χ4n) is 5.13. The highest BCUT2D eigenvalue weighted by Crippen LogP contribution is 2.37. The van der Waals surface area contributed by atoms with Crippen LogP contribution in [0, 0.1) is 0 Å². The zero-order chi connectivity index (χ0) is 21.9. The average Bonchev–Trinajstić information content (AvgIpc) is 3.11. The molecule has 0 saturated carbocycles. The van der Waals surface area contributed by atoms with Gasteiger partial charge in [-0.2, -0.15) is 5.10 Å². The number of unbranched alkanes of at least 4 members (excludes halogenated alkanes) is 2. The number of benzene rings is 1. The number of carbonyl (C=O) groups is 1. The molecule has 2 heterocycles. The lowest BCUT2D eigenvalue weighted by Gasteiger charge is -2.53. The van der Waals surface area contributed by atoms with Crippen molar-refractivity contribution in [1.29, 1.82) is 0 Å². The van der Waals surface area contributed by atoms with Crippen LogP contribution in [-0.2, 0) is 4.79 Å². The van der Waals surface area contributed by atoms with Crippen LogP contribution in [0.15, 0.2) is 35.4 Å². The minimum absolute atomic E-state index is 0.00933. The Hall–Kier alpha value is -1.88. The monoisotopic (exact) mass is 412 g/mol. The Balaban J connectivity index is 1.71. The third-order valence-electron chi connectivity index (χ3n) is 7.08. The molecule has 3 rings (SSSR count). The standard InChI is InChI=1S/C25H40N4O/c1-7-8-12-15-29-22(19-13-10-9-11-14-19)16-21(27-29)23(30)26-20-17-24(2,3)28(6)25(4,5)18-20/h9-11,13-14,20,22H,7-8,12,15-18H2,1-6H3,(H,26,30). The van der Waals surface area contributed by atoms with Gasteiger partial charge in [-0.25, -0.2) is 0 Å². The molecule has 1 amide bonds. The summed E-state index contributed by atoms with van der Waals surface area (Å²) in [5, 5.41) is 10.3. The predicted octanol–water partition coefficient (Wildman–Crippen LogP) is 4.75. The van der Waals surface area contributed by atoms with Crippen LogP contribution in [0.25, 0.3) is 0 Å². The van der Waals surface area contributed by atoms with E-state index < -0.39 is 0 Å². The Labute approximate surface area is 182 Å². The Bertz CT molecular complexity index is 738. The molecule has 5 heteroatoms. The molecule has 0 spiro atoms. The van der Waals surface area contributed by atoms with E-state index in [-0.39, 0.29) is 29.1 Å². The second-order valence-corrected chi connectivity index (χ2v) is 10.3. The van der Waals surface area contributed by atoms with Gasteiger partial charge in [0.2, 0.25) is 0 Å². The van der Waals surface area contributed by atoms with Crippen molar-refractivity contribution in [2.24, 2.45) is 5.10 Å². The number of carbonyl (C=O) groups excluding carboxylic acids is 1. The molecule has 1 unspecified atom stereocenters. The van der Waals surface area contributed by atoms with Crippen LogP contribution in [0.4, 0.5) is 0 Å². The Kier molecular flexibility index (Phi) is 6.91. The summed E-state index contributed by atoms with van der Waals surface area (Å²) in [6.45, 7) is 12.2. The van der Waals surface area contributed by atoms with Crippen LogP contribution in [-0.4, -0.2) is 52.2 Å². The SMILES string of the molecule is CCCCCN1N=C(C(=O)NC2CC(C)(C)N(C)C(C)(C)C2)CC1c1ccccc1. The van der Waals surface area contributed by atoms with Crippen LogP contribution in [0.2, 0.25) is 0 Å². The van der Waals surface area contributed by atoms with Gasteiger partial charge in [0.25, 0.3) is 5.91 Å². The zero-order valence-corrected chi connectivity index (χ0v) is 19.7. The van der Waals surface area contributed by atoms with E-state index in [0.717, 1.165) is 25.8 Å². The van der Waals surface area contributed by atoms with Crippen LogP contribution >= 0.6 is 0 Å². The normalized spacial score (nSPS) is 24.0. The van der Waals surface area contributed by atoms with E-state index in [0.29, 0.717) is 12.1 Å². The first-order chi connectivity index (χ1) is 14.1. The summed E-state index contributed by atoms with van der Waals surface area (Å²) in [7, 11) is 2.19. The highest BCUT2D eigenvalue weighted by atomic mass is 16.2. The van der Waals surface area contributed by atoms with Crippen LogP contribution in [0.1, 0.15) is 84.7 Å². The molecule has 1 atom stereocenters. The summed E-state index contributed by atoms with van der Waals surface area (Å²) in [6, 6.07) is 10.8. The van der Waals surface area contributed by atoms with Gasteiger partial charge in [0.15, 0.2) is 0 Å². The number of likely N-dealkylation sites (tertiary alicyclic amines) is 1. The third kappa shape index (κ3) is 5.05. The molecule has 1 saturated heterocycles. The van der Waals surface area contributed by atoms with E-state index in [1.807, 2.05) is 6.07 Å². The molecule has 0 aliphatic carbocycles. The van der Waals surface area contributed by atoms with E-state index in [9.17, 15) is 4.79 Å². The molecule has 5 nitrogen and oxygen atoms in total. The quantitative estimate of drug-likeness (QED) is 0.658. The number of hydrogen-bond donors (Lipinski definition) is 1. The molecule has 166 valence electrons. The molecule has 0 bridgehead atoms. The zero-order valence-electron chi connectivity index (χ0n) is 19.7. The molecule has 1 aromatic carbocycles. The largest absolute Gasteiger partial charge is 0.348 e. The van der Waals surface area contributed by atoms with Crippen LogP contribution in [0.3, 0.4) is 0 Å². The number of hydrogen-bond acceptors (Lipinski definition) is 4. The molecular formula is C25H40N4O. The predicted molar refractivity (Wildman–Crippen MR) is 125 cm³/mol. The number of piperidine rings is 1. The molecule has 0 radical (unpaired) electrons. The van der Waals surface area contributed by atoms with E-state index in [4.69, 9.17) is 5.10 Å². The van der Waals surface area contributed by atoms with Gasteiger partial charge >= 0.3 is 0 Å². The molecular weight excluding hydrogens is 372 g/mol. The summed E-state index contributed by atoms with van der Waals surface area (Å²) in [6.07, 6.45) is 6.07. The van der Waals surface area contributed by atoms with Crippen molar-refractivity contribution in [3.63, 3.8) is 0 Å². The molecule has 30 heavy (non-hydrogen) atoms. The highest BCUT2D eigenvalue weighted by molar-refractivity contribution is 6.39. The fraction of sp³-hybridized carbons (Fsp3) is 0.680. The van der Waals surface area contributed by atoms with Crippen molar-refractivity contribution in [3.8, 4) is 0 Å². The lowest BCUT2D eigenvalue weighted by Crippen LogP contribution is -2.63. The van der Waals surface area contributed by atoms with E-state index in [2.05, 4.69) is 81.2 Å². The lowest BCUT2D eigenvalue weighted by atomic mass is 9.77. The third-order valence-corrected chi connectivity index (χ3v) is 7.08. The van der Waals surface area contributed by atoms with Crippen molar-refractivity contribution >= 4 is 11.6 Å². The number of hydrazone groups is 1. The van der Waals surface area contributed by atoms with Crippen LogP contribution < -0.4 is 5.32 Å². The first-order valence-electron chi connectivity index (χ1n) is 11.6. The van der Waals surface area contributed by atoms with Gasteiger partial charge in [0, 0.05) is 30.1 Å². The summed E-state index contributed by atoms with van der Waals surface area (Å²) < 4.78 is 0. The highest BCUT2D eigenvalue weighted by Gasteiger charge is 2.44. The maximum atomic E-state index is 13.2. The van der Waals surface area contributed by atoms with Gasteiger partial charge < -0.3 is 5.32 Å². The van der Waals surface area contributed by atoms with Gasteiger partial charge in [-0.1, -0.05) is 50.1 Å². The molecule has 0 aromatic heterocycles. The first-order valence-corrected chi connectivity index (χ1v) is 11.6. The van der Waals surface area contributed by atoms with Gasteiger partial charge in [0.1, 0.15) is 5.71 Å². The van der Waals surface area contributed by atoms with Crippen molar-refractivity contribution < 1.29 is 4.79 Å². The van der Waals surface area contributed by atoms with Crippen LogP contribution in [0.5, 0.6) is 0 Å². The molecule has 2 aliphatic rings.